The molecule has 1 atom stereocenters. The molecule has 4 aromatic rings. The lowest BCUT2D eigenvalue weighted by Gasteiger charge is -2.34. The third-order valence-corrected chi connectivity index (χ3v) is 7.51. The second-order valence-electron chi connectivity index (χ2n) is 10.3. The van der Waals surface area contributed by atoms with E-state index in [-0.39, 0.29) is 12.1 Å². The van der Waals surface area contributed by atoms with E-state index < -0.39 is 5.67 Å². The molecule has 1 saturated heterocycles. The van der Waals surface area contributed by atoms with Crippen molar-refractivity contribution in [1.29, 1.82) is 0 Å². The van der Waals surface area contributed by atoms with Gasteiger partial charge in [-0.3, -0.25) is 4.79 Å². The van der Waals surface area contributed by atoms with Gasteiger partial charge in [-0.2, -0.15) is 4.98 Å². The quantitative estimate of drug-likeness (QED) is 0.392. The maximum atomic E-state index is 15.1. The van der Waals surface area contributed by atoms with Gasteiger partial charge in [0.05, 0.1) is 12.2 Å². The van der Waals surface area contributed by atoms with E-state index in [4.69, 9.17) is 4.98 Å². The van der Waals surface area contributed by atoms with Gasteiger partial charge in [-0.25, -0.2) is 23.7 Å². The van der Waals surface area contributed by atoms with Crippen LogP contribution in [0.25, 0.3) is 16.9 Å². The van der Waals surface area contributed by atoms with E-state index in [1.807, 2.05) is 24.3 Å². The molecule has 1 N–H and O–H groups in total. The molecule has 0 bridgehead atoms. The summed E-state index contributed by atoms with van der Waals surface area (Å²) in [5.41, 5.74) is 1.97. The zero-order valence-electron chi connectivity index (χ0n) is 21.7. The number of halogens is 1. The fourth-order valence-electron chi connectivity index (χ4n) is 5.29. The Bertz CT molecular complexity index is 1560. The van der Waals surface area contributed by atoms with Gasteiger partial charge in [0.25, 0.3) is 5.56 Å². The van der Waals surface area contributed by atoms with Crippen LogP contribution >= 0.6 is 0 Å². The molecule has 0 spiro atoms. The zero-order chi connectivity index (χ0) is 26.4. The number of piperazine rings is 1. The van der Waals surface area contributed by atoms with Gasteiger partial charge in [-0.15, -0.1) is 6.58 Å². The van der Waals surface area contributed by atoms with Gasteiger partial charge in [-0.1, -0.05) is 12.1 Å². The monoisotopic (exact) mass is 514 g/mol. The van der Waals surface area contributed by atoms with E-state index in [2.05, 4.69) is 50.8 Å². The summed E-state index contributed by atoms with van der Waals surface area (Å²) < 4.78 is 18.3. The second kappa shape index (κ2) is 9.36. The van der Waals surface area contributed by atoms with Crippen LogP contribution in [0.3, 0.4) is 0 Å². The van der Waals surface area contributed by atoms with Crippen molar-refractivity contribution in [2.45, 2.75) is 32.0 Å². The summed E-state index contributed by atoms with van der Waals surface area (Å²) in [7, 11) is 2.14. The van der Waals surface area contributed by atoms with Gasteiger partial charge in [0.1, 0.15) is 5.39 Å². The predicted octanol–water partition coefficient (Wildman–Crippen LogP) is 3.79. The number of allylic oxidation sites excluding steroid dienone is 1. The molecule has 1 fully saturated rings. The van der Waals surface area contributed by atoms with E-state index in [9.17, 15) is 4.79 Å². The van der Waals surface area contributed by atoms with Crippen molar-refractivity contribution in [3.05, 3.63) is 76.9 Å². The largest absolute Gasteiger partial charge is 0.369 e. The molecule has 0 saturated carbocycles. The molecule has 1 aliphatic carbocycles. The van der Waals surface area contributed by atoms with Crippen LogP contribution in [0.4, 0.5) is 21.7 Å². The molecule has 1 aromatic carbocycles. The van der Waals surface area contributed by atoms with Crippen LogP contribution in [0.1, 0.15) is 24.6 Å². The van der Waals surface area contributed by atoms with Gasteiger partial charge in [0.15, 0.2) is 17.1 Å². The van der Waals surface area contributed by atoms with Gasteiger partial charge in [0.2, 0.25) is 5.95 Å². The minimum atomic E-state index is -1.50. The van der Waals surface area contributed by atoms with Crippen molar-refractivity contribution in [3.8, 4) is 5.82 Å². The van der Waals surface area contributed by atoms with Crippen molar-refractivity contribution < 1.29 is 4.39 Å². The molecule has 4 heterocycles. The summed E-state index contributed by atoms with van der Waals surface area (Å²) in [6, 6.07) is 11.9. The van der Waals surface area contributed by atoms with Crippen molar-refractivity contribution >= 4 is 28.4 Å². The molecule has 2 aliphatic rings. The molecule has 6 rings (SSSR count). The first kappa shape index (κ1) is 24.3. The third-order valence-electron chi connectivity index (χ3n) is 7.51. The molecular formula is C28H31FN8O. The summed E-state index contributed by atoms with van der Waals surface area (Å²) in [5.74, 6) is 0.787. The van der Waals surface area contributed by atoms with Crippen LogP contribution in [0.15, 0.2) is 60.0 Å². The van der Waals surface area contributed by atoms with Crippen molar-refractivity contribution in [1.82, 2.24) is 29.2 Å². The summed E-state index contributed by atoms with van der Waals surface area (Å²) in [6.45, 7) is 9.69. The summed E-state index contributed by atoms with van der Waals surface area (Å²) in [6.07, 6.45) is 4.20. The number of rotatable bonds is 6. The van der Waals surface area contributed by atoms with Crippen LogP contribution in [0.5, 0.6) is 0 Å². The molecule has 10 heteroatoms. The Kier molecular flexibility index (Phi) is 5.98. The van der Waals surface area contributed by atoms with E-state index in [0.717, 1.165) is 37.4 Å². The number of benzene rings is 1. The lowest BCUT2D eigenvalue weighted by atomic mass is 10.1. The average Bonchev–Trinajstić information content (AvgIpc) is 3.37. The minimum Gasteiger partial charge on any atom is -0.369 e. The fraction of sp³-hybridized carbons (Fsp3) is 0.357. The predicted molar refractivity (Wildman–Crippen MR) is 147 cm³/mol. The maximum absolute atomic E-state index is 15.1. The first-order chi connectivity index (χ1) is 18.3. The van der Waals surface area contributed by atoms with Crippen LogP contribution < -0.4 is 15.8 Å². The normalized spacial score (nSPS) is 19.6. The molecule has 3 aromatic heterocycles. The first-order valence-electron chi connectivity index (χ1n) is 12.9. The van der Waals surface area contributed by atoms with Crippen LogP contribution in [0, 0.1) is 0 Å². The lowest BCUT2D eigenvalue weighted by molar-refractivity contribution is 0.188. The molecule has 1 unspecified atom stereocenters. The Morgan fingerprint density at radius 2 is 1.87 bits per heavy atom. The van der Waals surface area contributed by atoms with Crippen LogP contribution in [-0.2, 0) is 18.6 Å². The number of fused-ring (bicyclic) bond motifs is 2. The Balaban J connectivity index is 1.36. The molecular weight excluding hydrogens is 483 g/mol. The smallest absolute Gasteiger partial charge is 0.278 e. The molecule has 1 aliphatic heterocycles. The third kappa shape index (κ3) is 4.24. The number of likely N-dealkylation sites (N-methyl/N-ethyl adjacent to an activating group) is 1. The summed E-state index contributed by atoms with van der Waals surface area (Å²) in [4.78, 5) is 31.7. The molecule has 196 valence electrons. The number of nitrogens with zero attached hydrogens (tertiary/aromatic N) is 7. The van der Waals surface area contributed by atoms with Gasteiger partial charge >= 0.3 is 0 Å². The molecule has 38 heavy (non-hydrogen) atoms. The summed E-state index contributed by atoms with van der Waals surface area (Å²) >= 11 is 0. The Morgan fingerprint density at radius 1 is 1.11 bits per heavy atom. The fourth-order valence-corrected chi connectivity index (χ4v) is 5.29. The number of hydrogen-bond acceptors (Lipinski definition) is 7. The van der Waals surface area contributed by atoms with E-state index in [1.54, 1.807) is 17.7 Å². The van der Waals surface area contributed by atoms with Crippen LogP contribution in [-0.4, -0.2) is 62.4 Å². The molecule has 0 amide bonds. The number of pyridine rings is 1. The van der Waals surface area contributed by atoms with Crippen LogP contribution in [0.2, 0.25) is 0 Å². The first-order valence-corrected chi connectivity index (χ1v) is 12.9. The summed E-state index contributed by atoms with van der Waals surface area (Å²) in [5, 5.41) is 3.61. The van der Waals surface area contributed by atoms with Gasteiger partial charge in [0, 0.05) is 43.8 Å². The SMILES string of the molecule is C=CCn1c(=O)c2cnc(Nc3ccc(N4CCN(C)CC4)cc3)nc2n1-c1ccc2c(n1)C(C)(F)CC2. The number of anilines is 3. The highest BCUT2D eigenvalue weighted by Crippen LogP contribution is 2.39. The minimum absolute atomic E-state index is 0.247. The number of aromatic nitrogens is 5. The zero-order valence-corrected chi connectivity index (χ0v) is 21.7. The number of hydrogen-bond donors (Lipinski definition) is 1. The molecule has 9 nitrogen and oxygen atoms in total. The van der Waals surface area contributed by atoms with Crippen molar-refractivity contribution in [2.24, 2.45) is 0 Å². The van der Waals surface area contributed by atoms with Crippen molar-refractivity contribution in [2.75, 3.05) is 43.4 Å². The Morgan fingerprint density at radius 3 is 2.61 bits per heavy atom. The van der Waals surface area contributed by atoms with Gasteiger partial charge in [-0.05, 0) is 62.7 Å². The molecule has 0 radical (unpaired) electrons. The lowest BCUT2D eigenvalue weighted by Crippen LogP contribution is -2.44. The second-order valence-corrected chi connectivity index (χ2v) is 10.3. The van der Waals surface area contributed by atoms with E-state index in [0.29, 0.717) is 41.3 Å². The van der Waals surface area contributed by atoms with Gasteiger partial charge < -0.3 is 15.1 Å². The standard InChI is InChI=1S/C28H31FN8O/c1-4-13-36-26(38)22-18-30-27(31-20-6-8-21(9-7-20)35-16-14-34(3)15-17-35)33-25(22)37(36)23-10-5-19-11-12-28(2,29)24(19)32-23/h4-10,18H,1,11-17H2,2-3H3,(H,30,31,33). The highest BCUT2D eigenvalue weighted by molar-refractivity contribution is 5.77. The highest BCUT2D eigenvalue weighted by Gasteiger charge is 2.36. The average molecular weight is 515 g/mol. The Labute approximate surface area is 220 Å². The number of aryl methyl sites for hydroxylation is 1. The number of alkyl halides is 1. The number of nitrogens with one attached hydrogen (secondary N) is 1. The Hall–Kier alpha value is -4.05. The topological polar surface area (TPSA) is 84.1 Å². The van der Waals surface area contributed by atoms with E-state index >= 15 is 4.39 Å². The maximum Gasteiger partial charge on any atom is 0.278 e. The van der Waals surface area contributed by atoms with E-state index in [1.165, 1.54) is 16.6 Å². The highest BCUT2D eigenvalue weighted by atomic mass is 19.1. The van der Waals surface area contributed by atoms with Crippen molar-refractivity contribution in [3.63, 3.8) is 0 Å².